The fourth-order valence-electron chi connectivity index (χ4n) is 3.56. The third-order valence-corrected chi connectivity index (χ3v) is 5.65. The molecule has 2 aliphatic heterocycles. The SMILES string of the molecule is C[C@H](C(=O)Nc1ccc(F)cc1Cl)N1CCN(CC(=O)N2CCCC2)CC1. The van der Waals surface area contributed by atoms with Crippen molar-refractivity contribution >= 4 is 29.1 Å². The van der Waals surface area contributed by atoms with Gasteiger partial charge in [-0.05, 0) is 38.0 Å². The number of hydrogen-bond donors (Lipinski definition) is 1. The van der Waals surface area contributed by atoms with Crippen LogP contribution in [0.15, 0.2) is 18.2 Å². The first kappa shape index (κ1) is 20.0. The lowest BCUT2D eigenvalue weighted by Gasteiger charge is -2.37. The normalized spacial score (nSPS) is 19.9. The summed E-state index contributed by atoms with van der Waals surface area (Å²) in [5, 5.41) is 2.94. The van der Waals surface area contributed by atoms with Crippen LogP contribution in [0.1, 0.15) is 19.8 Å². The van der Waals surface area contributed by atoms with E-state index in [1.165, 1.54) is 18.2 Å². The number of piperazine rings is 1. The van der Waals surface area contributed by atoms with E-state index in [1.54, 1.807) is 0 Å². The van der Waals surface area contributed by atoms with E-state index in [0.29, 0.717) is 12.2 Å². The molecule has 2 saturated heterocycles. The summed E-state index contributed by atoms with van der Waals surface area (Å²) < 4.78 is 13.1. The van der Waals surface area contributed by atoms with Gasteiger partial charge in [-0.1, -0.05) is 11.6 Å². The van der Waals surface area contributed by atoms with E-state index in [2.05, 4.69) is 15.1 Å². The summed E-state index contributed by atoms with van der Waals surface area (Å²) in [4.78, 5) is 30.9. The van der Waals surface area contributed by atoms with E-state index in [4.69, 9.17) is 11.6 Å². The number of amides is 2. The minimum atomic E-state index is -0.439. The third-order valence-electron chi connectivity index (χ3n) is 5.34. The average Bonchev–Trinajstić information content (AvgIpc) is 3.19. The molecule has 2 amide bonds. The van der Waals surface area contributed by atoms with Crippen molar-refractivity contribution in [2.24, 2.45) is 0 Å². The van der Waals surface area contributed by atoms with E-state index in [1.807, 2.05) is 11.8 Å². The summed E-state index contributed by atoms with van der Waals surface area (Å²) in [6.45, 7) is 7.02. The van der Waals surface area contributed by atoms with Gasteiger partial charge in [0.2, 0.25) is 11.8 Å². The van der Waals surface area contributed by atoms with Crippen LogP contribution >= 0.6 is 11.6 Å². The molecule has 148 valence electrons. The molecule has 1 aromatic rings. The number of carbonyl (C=O) groups is 2. The number of carbonyl (C=O) groups excluding carboxylic acids is 2. The Morgan fingerprint density at radius 2 is 1.81 bits per heavy atom. The highest BCUT2D eigenvalue weighted by molar-refractivity contribution is 6.33. The van der Waals surface area contributed by atoms with Gasteiger partial charge in [0.1, 0.15) is 5.82 Å². The Bertz CT molecular complexity index is 688. The number of hydrogen-bond acceptors (Lipinski definition) is 4. The van der Waals surface area contributed by atoms with E-state index >= 15 is 0 Å². The second-order valence-corrected chi connectivity index (χ2v) is 7.60. The molecule has 0 unspecified atom stereocenters. The Morgan fingerprint density at radius 1 is 1.15 bits per heavy atom. The number of nitrogens with zero attached hydrogens (tertiary/aromatic N) is 3. The van der Waals surface area contributed by atoms with Gasteiger partial charge in [-0.25, -0.2) is 4.39 Å². The predicted octanol–water partition coefficient (Wildman–Crippen LogP) is 2.05. The molecule has 1 aromatic carbocycles. The highest BCUT2D eigenvalue weighted by Crippen LogP contribution is 2.23. The van der Waals surface area contributed by atoms with E-state index < -0.39 is 5.82 Å². The highest BCUT2D eigenvalue weighted by Gasteiger charge is 2.28. The van der Waals surface area contributed by atoms with Crippen LogP contribution in [0, 0.1) is 5.82 Å². The van der Waals surface area contributed by atoms with E-state index in [-0.39, 0.29) is 22.9 Å². The topological polar surface area (TPSA) is 55.9 Å². The van der Waals surface area contributed by atoms with Gasteiger partial charge in [0.25, 0.3) is 0 Å². The highest BCUT2D eigenvalue weighted by atomic mass is 35.5. The molecular formula is C19H26ClFN4O2. The van der Waals surface area contributed by atoms with Crippen molar-refractivity contribution in [3.8, 4) is 0 Å². The molecule has 0 aliphatic carbocycles. The lowest BCUT2D eigenvalue weighted by molar-refractivity contribution is -0.132. The quantitative estimate of drug-likeness (QED) is 0.827. The van der Waals surface area contributed by atoms with Crippen LogP contribution in [0.5, 0.6) is 0 Å². The smallest absolute Gasteiger partial charge is 0.241 e. The number of benzene rings is 1. The minimum Gasteiger partial charge on any atom is -0.342 e. The van der Waals surface area contributed by atoms with Crippen molar-refractivity contribution in [1.82, 2.24) is 14.7 Å². The molecule has 2 fully saturated rings. The zero-order chi connectivity index (χ0) is 19.4. The van der Waals surface area contributed by atoms with Crippen LogP contribution in [-0.4, -0.2) is 78.4 Å². The summed E-state index contributed by atoms with van der Waals surface area (Å²) in [5.41, 5.74) is 0.407. The molecule has 27 heavy (non-hydrogen) atoms. The first-order valence-electron chi connectivity index (χ1n) is 9.44. The molecule has 0 saturated carbocycles. The summed E-state index contributed by atoms with van der Waals surface area (Å²) >= 11 is 5.97. The second-order valence-electron chi connectivity index (χ2n) is 7.19. The molecule has 8 heteroatoms. The zero-order valence-corrected chi connectivity index (χ0v) is 16.3. The van der Waals surface area contributed by atoms with Crippen molar-refractivity contribution in [3.63, 3.8) is 0 Å². The van der Waals surface area contributed by atoms with Gasteiger partial charge in [0, 0.05) is 39.3 Å². The van der Waals surface area contributed by atoms with Gasteiger partial charge < -0.3 is 10.2 Å². The predicted molar refractivity (Wildman–Crippen MR) is 103 cm³/mol. The first-order chi connectivity index (χ1) is 12.9. The van der Waals surface area contributed by atoms with Crippen molar-refractivity contribution < 1.29 is 14.0 Å². The molecule has 0 aromatic heterocycles. The Labute approximate surface area is 164 Å². The number of anilines is 1. The summed E-state index contributed by atoms with van der Waals surface area (Å²) in [6, 6.07) is 3.58. The van der Waals surface area contributed by atoms with Gasteiger partial charge in [0.15, 0.2) is 0 Å². The molecule has 0 radical (unpaired) electrons. The fraction of sp³-hybridized carbons (Fsp3) is 0.579. The molecule has 2 heterocycles. The van der Waals surface area contributed by atoms with Gasteiger partial charge >= 0.3 is 0 Å². The van der Waals surface area contributed by atoms with Gasteiger partial charge in [-0.3, -0.25) is 19.4 Å². The van der Waals surface area contributed by atoms with Crippen LogP contribution in [0.2, 0.25) is 5.02 Å². The maximum atomic E-state index is 13.1. The van der Waals surface area contributed by atoms with Crippen LogP contribution in [0.25, 0.3) is 0 Å². The molecule has 0 bridgehead atoms. The third kappa shape index (κ3) is 5.18. The Kier molecular flexibility index (Phi) is 6.68. The number of nitrogens with one attached hydrogen (secondary N) is 1. The maximum absolute atomic E-state index is 13.1. The van der Waals surface area contributed by atoms with Crippen LogP contribution < -0.4 is 5.32 Å². The number of rotatable bonds is 5. The van der Waals surface area contributed by atoms with Crippen LogP contribution in [0.3, 0.4) is 0 Å². The molecule has 6 nitrogen and oxygen atoms in total. The first-order valence-corrected chi connectivity index (χ1v) is 9.82. The lowest BCUT2D eigenvalue weighted by atomic mass is 10.2. The van der Waals surface area contributed by atoms with Crippen LogP contribution in [0.4, 0.5) is 10.1 Å². The van der Waals surface area contributed by atoms with E-state index in [0.717, 1.165) is 52.1 Å². The van der Waals surface area contributed by atoms with Crippen molar-refractivity contribution in [2.75, 3.05) is 51.1 Å². The monoisotopic (exact) mass is 396 g/mol. The molecular weight excluding hydrogens is 371 g/mol. The average molecular weight is 397 g/mol. The van der Waals surface area contributed by atoms with E-state index in [9.17, 15) is 14.0 Å². The molecule has 1 N–H and O–H groups in total. The van der Waals surface area contributed by atoms with Crippen LogP contribution in [-0.2, 0) is 9.59 Å². The summed E-state index contributed by atoms with van der Waals surface area (Å²) in [5.74, 6) is -0.409. The molecule has 3 rings (SSSR count). The lowest BCUT2D eigenvalue weighted by Crippen LogP contribution is -2.54. The molecule has 0 spiro atoms. The Balaban J connectivity index is 1.46. The molecule has 2 aliphatic rings. The van der Waals surface area contributed by atoms with Crippen molar-refractivity contribution in [2.45, 2.75) is 25.8 Å². The largest absolute Gasteiger partial charge is 0.342 e. The zero-order valence-electron chi connectivity index (χ0n) is 15.6. The number of likely N-dealkylation sites (tertiary alicyclic amines) is 1. The van der Waals surface area contributed by atoms with Gasteiger partial charge in [0.05, 0.1) is 23.3 Å². The maximum Gasteiger partial charge on any atom is 0.241 e. The molecule has 1 atom stereocenters. The fourth-order valence-corrected chi connectivity index (χ4v) is 3.77. The van der Waals surface area contributed by atoms with Crippen molar-refractivity contribution in [3.05, 3.63) is 29.0 Å². The summed E-state index contributed by atoms with van der Waals surface area (Å²) in [6.07, 6.45) is 2.20. The standard InChI is InChI=1S/C19H26ClFN4O2/c1-14(19(27)22-17-5-4-15(21)12-16(17)20)24-10-8-23(9-11-24)13-18(26)25-6-2-3-7-25/h4-5,12,14H,2-3,6-11,13H2,1H3,(H,22,27)/t14-/m1/s1. The van der Waals surface area contributed by atoms with Gasteiger partial charge in [-0.15, -0.1) is 0 Å². The number of halogens is 2. The second kappa shape index (κ2) is 8.99. The Morgan fingerprint density at radius 3 is 2.44 bits per heavy atom. The minimum absolute atomic E-state index is 0.176. The summed E-state index contributed by atoms with van der Waals surface area (Å²) in [7, 11) is 0. The Hall–Kier alpha value is -1.70. The van der Waals surface area contributed by atoms with Gasteiger partial charge in [-0.2, -0.15) is 0 Å². The van der Waals surface area contributed by atoms with Crippen molar-refractivity contribution in [1.29, 1.82) is 0 Å².